The number of aromatic nitrogens is 1. The quantitative estimate of drug-likeness (QED) is 0.888. The Balaban J connectivity index is 1.70. The molecule has 2 bridgehead atoms. The van der Waals surface area contributed by atoms with Gasteiger partial charge in [0, 0.05) is 17.5 Å². The Morgan fingerprint density at radius 2 is 2.00 bits per heavy atom. The molecule has 1 heterocycles. The first-order chi connectivity index (χ1) is 12.1. The topological polar surface area (TPSA) is 76.1 Å². The van der Waals surface area contributed by atoms with Gasteiger partial charge in [-0.15, -0.1) is 0 Å². The second-order valence-corrected chi connectivity index (χ2v) is 10.1. The molecule has 6 heteroatoms. The number of Topliss-reactive ketones (excluding diaryl/α,β-unsaturated/α-hetero) is 1. The number of pyridine rings is 1. The van der Waals surface area contributed by atoms with E-state index in [2.05, 4.69) is 23.6 Å². The minimum absolute atomic E-state index is 0.111. The van der Waals surface area contributed by atoms with Gasteiger partial charge in [0.25, 0.3) is 0 Å². The normalized spacial score (nSPS) is 27.2. The lowest BCUT2D eigenvalue weighted by molar-refractivity contribution is -0.128. The summed E-state index contributed by atoms with van der Waals surface area (Å²) in [6, 6.07) is 9.21. The number of benzene rings is 1. The van der Waals surface area contributed by atoms with Crippen LogP contribution >= 0.6 is 0 Å². The average Bonchev–Trinajstić information content (AvgIpc) is 2.88. The van der Waals surface area contributed by atoms with Crippen LogP contribution in [-0.2, 0) is 14.8 Å². The van der Waals surface area contributed by atoms with Crippen molar-refractivity contribution in [1.82, 2.24) is 4.98 Å². The molecular weight excluding hydrogens is 348 g/mol. The van der Waals surface area contributed by atoms with E-state index in [-0.39, 0.29) is 17.0 Å². The van der Waals surface area contributed by atoms with Gasteiger partial charge >= 0.3 is 0 Å². The number of sulfonamides is 1. The summed E-state index contributed by atoms with van der Waals surface area (Å²) in [6.45, 7) is 5.95. The first-order valence-electron chi connectivity index (χ1n) is 9.05. The number of fused-ring (bicyclic) bond motifs is 3. The van der Waals surface area contributed by atoms with Crippen LogP contribution in [0.15, 0.2) is 30.3 Å². The van der Waals surface area contributed by atoms with E-state index in [0.29, 0.717) is 24.4 Å². The van der Waals surface area contributed by atoms with Crippen LogP contribution in [0.5, 0.6) is 0 Å². The molecule has 0 saturated heterocycles. The Labute approximate surface area is 154 Å². The first kappa shape index (κ1) is 17.5. The Bertz CT molecular complexity index is 1010. The van der Waals surface area contributed by atoms with Crippen molar-refractivity contribution in [3.63, 3.8) is 0 Å². The molecule has 0 radical (unpaired) electrons. The van der Waals surface area contributed by atoms with Crippen molar-refractivity contribution < 1.29 is 13.2 Å². The lowest BCUT2D eigenvalue weighted by atomic mass is 9.70. The number of aryl methyl sites for hydroxylation is 1. The molecular formula is C20H24N2O3S. The number of hydrogen-bond donors (Lipinski definition) is 1. The number of hydrogen-bond acceptors (Lipinski definition) is 4. The average molecular weight is 372 g/mol. The van der Waals surface area contributed by atoms with E-state index in [1.54, 1.807) is 6.07 Å². The van der Waals surface area contributed by atoms with Crippen LogP contribution in [0.25, 0.3) is 10.9 Å². The third-order valence-electron chi connectivity index (χ3n) is 6.69. The summed E-state index contributed by atoms with van der Waals surface area (Å²) in [5, 5.41) is 0.764. The predicted octanol–water partition coefficient (Wildman–Crippen LogP) is 3.68. The van der Waals surface area contributed by atoms with Gasteiger partial charge in [-0.1, -0.05) is 32.0 Å². The molecule has 2 atom stereocenters. The Morgan fingerprint density at radius 1 is 1.27 bits per heavy atom. The summed E-state index contributed by atoms with van der Waals surface area (Å²) >= 11 is 0. The summed E-state index contributed by atoms with van der Waals surface area (Å²) in [4.78, 5) is 17.1. The van der Waals surface area contributed by atoms with E-state index in [4.69, 9.17) is 0 Å². The van der Waals surface area contributed by atoms with E-state index >= 15 is 0 Å². The fourth-order valence-electron chi connectivity index (χ4n) is 5.03. The third-order valence-corrected chi connectivity index (χ3v) is 8.09. The summed E-state index contributed by atoms with van der Waals surface area (Å²) in [7, 11) is -3.67. The molecule has 2 aliphatic carbocycles. The van der Waals surface area contributed by atoms with Crippen LogP contribution in [0.4, 0.5) is 5.69 Å². The molecule has 0 spiro atoms. The third kappa shape index (κ3) is 2.46. The zero-order valence-electron chi connectivity index (χ0n) is 15.4. The zero-order valence-corrected chi connectivity index (χ0v) is 16.2. The highest BCUT2D eigenvalue weighted by molar-refractivity contribution is 7.92. The SMILES string of the molecule is Cc1cc(NS(=O)(=O)C[C@@]23CC[C@H](CC2=O)C3(C)C)c2ccccc2n1. The Hall–Kier alpha value is -1.95. The van der Waals surface area contributed by atoms with Gasteiger partial charge in [0.05, 0.1) is 22.4 Å². The fourth-order valence-corrected chi connectivity index (χ4v) is 6.93. The highest BCUT2D eigenvalue weighted by Crippen LogP contribution is 2.64. The van der Waals surface area contributed by atoms with Crippen LogP contribution in [0, 0.1) is 23.7 Å². The van der Waals surface area contributed by atoms with Crippen molar-refractivity contribution in [3.8, 4) is 0 Å². The van der Waals surface area contributed by atoms with Crippen molar-refractivity contribution in [2.45, 2.75) is 40.0 Å². The number of nitrogens with zero attached hydrogens (tertiary/aromatic N) is 1. The maximum absolute atomic E-state index is 13.0. The Morgan fingerprint density at radius 3 is 2.65 bits per heavy atom. The van der Waals surface area contributed by atoms with E-state index in [0.717, 1.165) is 23.0 Å². The van der Waals surface area contributed by atoms with Crippen molar-refractivity contribution >= 4 is 32.4 Å². The number of ketones is 1. The second-order valence-electron chi connectivity index (χ2n) is 8.36. The predicted molar refractivity (Wildman–Crippen MR) is 102 cm³/mol. The van der Waals surface area contributed by atoms with Gasteiger partial charge < -0.3 is 0 Å². The summed E-state index contributed by atoms with van der Waals surface area (Å²) < 4.78 is 28.8. The molecule has 1 aromatic carbocycles. The van der Waals surface area contributed by atoms with Crippen LogP contribution in [0.2, 0.25) is 0 Å². The number of anilines is 1. The van der Waals surface area contributed by atoms with E-state index in [1.807, 2.05) is 31.2 Å². The second kappa shape index (κ2) is 5.52. The molecule has 0 amide bonds. The molecule has 2 aromatic rings. The number of carbonyl (C=O) groups excluding carboxylic acids is 1. The van der Waals surface area contributed by atoms with Crippen LogP contribution in [-0.4, -0.2) is 24.9 Å². The summed E-state index contributed by atoms with van der Waals surface area (Å²) in [5.74, 6) is 0.270. The number of para-hydroxylation sites is 1. The van der Waals surface area contributed by atoms with E-state index in [1.165, 1.54) is 0 Å². The van der Waals surface area contributed by atoms with E-state index < -0.39 is 15.4 Å². The van der Waals surface area contributed by atoms with Crippen LogP contribution < -0.4 is 4.72 Å². The van der Waals surface area contributed by atoms with Crippen LogP contribution in [0.1, 0.15) is 38.8 Å². The molecule has 5 nitrogen and oxygen atoms in total. The largest absolute Gasteiger partial charge is 0.299 e. The maximum Gasteiger partial charge on any atom is 0.233 e. The molecule has 2 fully saturated rings. The van der Waals surface area contributed by atoms with Gasteiger partial charge in [0.1, 0.15) is 5.78 Å². The van der Waals surface area contributed by atoms with Gasteiger partial charge in [-0.05, 0) is 43.2 Å². The van der Waals surface area contributed by atoms with Crippen LogP contribution in [0.3, 0.4) is 0 Å². The first-order valence-corrected chi connectivity index (χ1v) is 10.7. The van der Waals surface area contributed by atoms with Gasteiger partial charge in [0.2, 0.25) is 10.0 Å². The number of nitrogens with one attached hydrogen (secondary N) is 1. The van der Waals surface area contributed by atoms with Gasteiger partial charge in [-0.25, -0.2) is 8.42 Å². The highest BCUT2D eigenvalue weighted by atomic mass is 32.2. The molecule has 4 rings (SSSR count). The molecule has 138 valence electrons. The van der Waals surface area contributed by atoms with Gasteiger partial charge in [0.15, 0.2) is 0 Å². The van der Waals surface area contributed by atoms with Gasteiger partial charge in [-0.2, -0.15) is 0 Å². The fraction of sp³-hybridized carbons (Fsp3) is 0.500. The van der Waals surface area contributed by atoms with Crippen molar-refractivity contribution in [1.29, 1.82) is 0 Å². The molecule has 0 unspecified atom stereocenters. The minimum Gasteiger partial charge on any atom is -0.299 e. The number of rotatable bonds is 4. The van der Waals surface area contributed by atoms with Gasteiger partial charge in [-0.3, -0.25) is 14.5 Å². The molecule has 1 aromatic heterocycles. The molecule has 1 N–H and O–H groups in total. The minimum atomic E-state index is -3.67. The lowest BCUT2D eigenvalue weighted by Crippen LogP contribution is -2.43. The molecule has 2 aliphatic rings. The molecule has 0 aliphatic heterocycles. The zero-order chi connectivity index (χ0) is 18.7. The summed E-state index contributed by atoms with van der Waals surface area (Å²) in [5.41, 5.74) is 0.998. The highest BCUT2D eigenvalue weighted by Gasteiger charge is 2.65. The van der Waals surface area contributed by atoms with Crippen molar-refractivity contribution in [3.05, 3.63) is 36.0 Å². The molecule has 26 heavy (non-hydrogen) atoms. The summed E-state index contributed by atoms with van der Waals surface area (Å²) in [6.07, 6.45) is 2.12. The standard InChI is InChI=1S/C20H24N2O3S/c1-13-10-17(15-6-4-5-7-16(15)21-13)22-26(24,25)12-20-9-8-14(11-18(20)23)19(20,2)3/h4-7,10,14H,8-9,11-12H2,1-3H3,(H,21,22)/t14-,20+/m1/s1. The Kier molecular flexibility index (Phi) is 3.71. The molecule has 2 saturated carbocycles. The van der Waals surface area contributed by atoms with Crippen molar-refractivity contribution in [2.75, 3.05) is 10.5 Å². The monoisotopic (exact) mass is 372 g/mol. The maximum atomic E-state index is 13.0. The smallest absolute Gasteiger partial charge is 0.233 e. The number of carbonyl (C=O) groups is 1. The lowest BCUT2D eigenvalue weighted by Gasteiger charge is -2.36. The van der Waals surface area contributed by atoms with Crippen molar-refractivity contribution in [2.24, 2.45) is 16.7 Å². The van der Waals surface area contributed by atoms with E-state index in [9.17, 15) is 13.2 Å².